The van der Waals surface area contributed by atoms with Crippen molar-refractivity contribution < 1.29 is 23.5 Å². The van der Waals surface area contributed by atoms with Crippen molar-refractivity contribution in [1.29, 1.82) is 0 Å². The van der Waals surface area contributed by atoms with E-state index in [2.05, 4.69) is 5.32 Å². The fourth-order valence-corrected chi connectivity index (χ4v) is 2.85. The maximum Gasteiger partial charge on any atom is 0.237 e. The number of amides is 2. The molecule has 1 aliphatic heterocycles. The minimum Gasteiger partial charge on any atom is -0.497 e. The second-order valence-corrected chi connectivity index (χ2v) is 6.25. The number of nitrogens with zero attached hydrogens (tertiary/aromatic N) is 2. The molecule has 1 fully saturated rings. The number of ether oxygens (including phenoxy) is 2. The molecule has 0 bridgehead atoms. The smallest absolute Gasteiger partial charge is 0.237 e. The highest BCUT2D eigenvalue weighted by Crippen LogP contribution is 2.20. The number of rotatable bonds is 8. The molecular weight excluding hydrogens is 341 g/mol. The van der Waals surface area contributed by atoms with E-state index in [9.17, 15) is 14.0 Å². The molecule has 1 aromatic rings. The number of methoxy groups -OCH3 is 2. The van der Waals surface area contributed by atoms with Crippen molar-refractivity contribution in [2.45, 2.75) is 19.0 Å². The second kappa shape index (κ2) is 9.49. The van der Waals surface area contributed by atoms with Crippen LogP contribution in [0.5, 0.6) is 5.75 Å². The van der Waals surface area contributed by atoms with Crippen LogP contribution in [0.2, 0.25) is 0 Å². The van der Waals surface area contributed by atoms with Gasteiger partial charge in [-0.1, -0.05) is 6.07 Å². The Hall–Kier alpha value is -2.19. The van der Waals surface area contributed by atoms with Gasteiger partial charge in [0.1, 0.15) is 11.6 Å². The number of halogens is 1. The monoisotopic (exact) mass is 367 g/mol. The van der Waals surface area contributed by atoms with Crippen molar-refractivity contribution in [3.05, 3.63) is 29.6 Å². The van der Waals surface area contributed by atoms with Gasteiger partial charge in [0.15, 0.2) is 0 Å². The van der Waals surface area contributed by atoms with Crippen LogP contribution in [0.15, 0.2) is 18.2 Å². The van der Waals surface area contributed by atoms with Crippen LogP contribution in [0.1, 0.15) is 12.0 Å². The van der Waals surface area contributed by atoms with Gasteiger partial charge in [-0.3, -0.25) is 14.5 Å². The first kappa shape index (κ1) is 20.1. The number of hydrogen-bond donors (Lipinski definition) is 1. The van der Waals surface area contributed by atoms with Crippen LogP contribution < -0.4 is 10.1 Å². The number of hydrogen-bond acceptors (Lipinski definition) is 5. The summed E-state index contributed by atoms with van der Waals surface area (Å²) in [5, 5.41) is 2.78. The summed E-state index contributed by atoms with van der Waals surface area (Å²) >= 11 is 0. The summed E-state index contributed by atoms with van der Waals surface area (Å²) in [6.07, 6.45) is 0.0455. The van der Waals surface area contributed by atoms with Crippen molar-refractivity contribution in [3.63, 3.8) is 0 Å². The molecule has 0 unspecified atom stereocenters. The van der Waals surface area contributed by atoms with Crippen LogP contribution in [0.25, 0.3) is 0 Å². The molecule has 0 aliphatic carbocycles. The van der Waals surface area contributed by atoms with Crippen LogP contribution in [0.3, 0.4) is 0 Å². The van der Waals surface area contributed by atoms with E-state index in [1.54, 1.807) is 26.3 Å². The third-order valence-electron chi connectivity index (χ3n) is 4.50. The summed E-state index contributed by atoms with van der Waals surface area (Å²) in [6.45, 7) is 2.16. The summed E-state index contributed by atoms with van der Waals surface area (Å²) in [6, 6.07) is 4.02. The molecule has 1 saturated heterocycles. The van der Waals surface area contributed by atoms with E-state index in [-0.39, 0.29) is 24.8 Å². The number of carbonyl (C=O) groups is 2. The van der Waals surface area contributed by atoms with Gasteiger partial charge in [0.05, 0.1) is 26.2 Å². The maximum atomic E-state index is 14.3. The Morgan fingerprint density at radius 3 is 2.85 bits per heavy atom. The zero-order valence-electron chi connectivity index (χ0n) is 15.5. The first-order valence-electron chi connectivity index (χ1n) is 8.53. The Kier molecular flexibility index (Phi) is 7.35. The molecule has 1 heterocycles. The molecule has 0 spiro atoms. The number of carbonyl (C=O) groups excluding carboxylic acids is 2. The van der Waals surface area contributed by atoms with Crippen molar-refractivity contribution in [1.82, 2.24) is 15.1 Å². The largest absolute Gasteiger partial charge is 0.497 e. The standard InChI is InChI=1S/C18H26FN3O4/c1-21(8-9-25-2)17(23)11-16-18(24)20-6-7-22(16)12-13-4-5-14(26-3)10-15(13)19/h4-5,10,16H,6-9,11-12H2,1-3H3,(H,20,24)/t16-/m1/s1. The minimum atomic E-state index is -0.622. The van der Waals surface area contributed by atoms with Gasteiger partial charge < -0.3 is 19.7 Å². The molecule has 144 valence electrons. The molecule has 7 nitrogen and oxygen atoms in total. The van der Waals surface area contributed by atoms with Crippen molar-refractivity contribution >= 4 is 11.8 Å². The van der Waals surface area contributed by atoms with Crippen LogP contribution in [0.4, 0.5) is 4.39 Å². The summed E-state index contributed by atoms with van der Waals surface area (Å²) in [4.78, 5) is 28.1. The van der Waals surface area contributed by atoms with Gasteiger partial charge in [-0.05, 0) is 6.07 Å². The number of piperazine rings is 1. The third-order valence-corrected chi connectivity index (χ3v) is 4.50. The normalized spacial score (nSPS) is 17.7. The lowest BCUT2D eigenvalue weighted by atomic mass is 10.1. The SMILES string of the molecule is COCCN(C)C(=O)C[C@@H]1C(=O)NCCN1Cc1ccc(OC)cc1F. The van der Waals surface area contributed by atoms with Crippen molar-refractivity contribution in [3.8, 4) is 5.75 Å². The lowest BCUT2D eigenvalue weighted by Crippen LogP contribution is -2.56. The molecule has 8 heteroatoms. The first-order valence-corrected chi connectivity index (χ1v) is 8.53. The number of likely N-dealkylation sites (N-methyl/N-ethyl adjacent to an activating group) is 1. The van der Waals surface area contributed by atoms with E-state index in [1.807, 2.05) is 4.90 Å². The Labute approximate surface area is 153 Å². The Morgan fingerprint density at radius 1 is 1.42 bits per heavy atom. The zero-order valence-corrected chi connectivity index (χ0v) is 15.5. The number of nitrogens with one attached hydrogen (secondary N) is 1. The molecule has 0 radical (unpaired) electrons. The topological polar surface area (TPSA) is 71.1 Å². The summed E-state index contributed by atoms with van der Waals surface area (Å²) in [5.74, 6) is -0.310. The second-order valence-electron chi connectivity index (χ2n) is 6.25. The predicted octanol–water partition coefficient (Wildman–Crippen LogP) is 0.630. The van der Waals surface area contributed by atoms with Crippen LogP contribution in [-0.2, 0) is 20.9 Å². The first-order chi connectivity index (χ1) is 12.5. The quantitative estimate of drug-likeness (QED) is 0.730. The fourth-order valence-electron chi connectivity index (χ4n) is 2.85. The van der Waals surface area contributed by atoms with E-state index >= 15 is 0 Å². The highest BCUT2D eigenvalue weighted by atomic mass is 19.1. The molecule has 26 heavy (non-hydrogen) atoms. The van der Waals surface area contributed by atoms with Crippen LogP contribution in [0, 0.1) is 5.82 Å². The van der Waals surface area contributed by atoms with Gasteiger partial charge in [0.2, 0.25) is 11.8 Å². The predicted molar refractivity (Wildman–Crippen MR) is 94.3 cm³/mol. The van der Waals surface area contributed by atoms with Gasteiger partial charge in [-0.2, -0.15) is 0 Å². The van der Waals surface area contributed by atoms with E-state index in [4.69, 9.17) is 9.47 Å². The lowest BCUT2D eigenvalue weighted by molar-refractivity contribution is -0.138. The molecule has 0 saturated carbocycles. The summed E-state index contributed by atoms with van der Waals surface area (Å²) in [7, 11) is 4.72. The molecule has 1 aromatic carbocycles. The fraction of sp³-hybridized carbons (Fsp3) is 0.556. The minimum absolute atomic E-state index is 0.0455. The molecule has 0 aromatic heterocycles. The molecule has 1 atom stereocenters. The average molecular weight is 367 g/mol. The molecule has 2 amide bonds. The van der Waals surface area contributed by atoms with Crippen LogP contribution in [-0.4, -0.2) is 75.2 Å². The maximum absolute atomic E-state index is 14.3. The number of benzene rings is 1. The zero-order chi connectivity index (χ0) is 19.1. The summed E-state index contributed by atoms with van der Waals surface area (Å²) in [5.41, 5.74) is 0.464. The molecule has 2 rings (SSSR count). The van der Waals surface area contributed by atoms with E-state index in [1.165, 1.54) is 18.1 Å². The van der Waals surface area contributed by atoms with Gasteiger partial charge in [0, 0.05) is 52.0 Å². The Morgan fingerprint density at radius 2 is 2.19 bits per heavy atom. The lowest BCUT2D eigenvalue weighted by Gasteiger charge is -2.35. The van der Waals surface area contributed by atoms with E-state index < -0.39 is 11.9 Å². The van der Waals surface area contributed by atoms with Crippen molar-refractivity contribution in [2.24, 2.45) is 0 Å². The van der Waals surface area contributed by atoms with Gasteiger partial charge in [-0.15, -0.1) is 0 Å². The molecule has 1 aliphatic rings. The van der Waals surface area contributed by atoms with E-state index in [0.29, 0.717) is 37.6 Å². The highest BCUT2D eigenvalue weighted by molar-refractivity contribution is 5.88. The van der Waals surface area contributed by atoms with Gasteiger partial charge >= 0.3 is 0 Å². The molecule has 1 N–H and O–H groups in total. The third kappa shape index (κ3) is 5.15. The van der Waals surface area contributed by atoms with Gasteiger partial charge in [-0.25, -0.2) is 4.39 Å². The summed E-state index contributed by atoms with van der Waals surface area (Å²) < 4.78 is 24.2. The van der Waals surface area contributed by atoms with Gasteiger partial charge in [0.25, 0.3) is 0 Å². The Balaban J connectivity index is 2.07. The highest BCUT2D eigenvalue weighted by Gasteiger charge is 2.32. The van der Waals surface area contributed by atoms with Crippen LogP contribution >= 0.6 is 0 Å². The average Bonchev–Trinajstić information content (AvgIpc) is 2.63. The van der Waals surface area contributed by atoms with E-state index in [0.717, 1.165) is 0 Å². The molecular formula is C18H26FN3O4. The van der Waals surface area contributed by atoms with Crippen molar-refractivity contribution in [2.75, 3.05) is 47.5 Å². The Bertz CT molecular complexity index is 641.